The van der Waals surface area contributed by atoms with Gasteiger partial charge in [-0.15, -0.1) is 0 Å². The first-order valence-electron chi connectivity index (χ1n) is 3.58. The lowest BCUT2D eigenvalue weighted by molar-refractivity contribution is 0.0786. The highest BCUT2D eigenvalue weighted by atomic mass is 32.2. The second kappa shape index (κ2) is 1.68. The molecular weight excluding hydrogens is 154 g/mol. The Bertz CT molecular complexity index is 169. The lowest BCUT2D eigenvalue weighted by Crippen LogP contribution is -2.12. The first-order valence-corrected chi connectivity index (χ1v) is 4.80. The standard InChI is InChI=1S/C7H10F2S/c1-10-6-4-2-3-5(6)7(6,8)9/h5H,2-4H2,1H3. The van der Waals surface area contributed by atoms with Crippen molar-refractivity contribution in [2.75, 3.05) is 6.26 Å². The van der Waals surface area contributed by atoms with Crippen LogP contribution < -0.4 is 0 Å². The topological polar surface area (TPSA) is 0 Å². The molecule has 2 unspecified atom stereocenters. The monoisotopic (exact) mass is 164 g/mol. The molecule has 0 nitrogen and oxygen atoms in total. The molecule has 2 atom stereocenters. The third-order valence-electron chi connectivity index (χ3n) is 2.89. The highest BCUT2D eigenvalue weighted by Gasteiger charge is 2.81. The van der Waals surface area contributed by atoms with Crippen LogP contribution in [-0.4, -0.2) is 16.9 Å². The number of hydrogen-bond acceptors (Lipinski definition) is 1. The quantitative estimate of drug-likeness (QED) is 0.574. The highest BCUT2D eigenvalue weighted by molar-refractivity contribution is 8.00. The fraction of sp³-hybridized carbons (Fsp3) is 1.00. The van der Waals surface area contributed by atoms with E-state index in [2.05, 4.69) is 0 Å². The Morgan fingerprint density at radius 3 is 2.50 bits per heavy atom. The van der Waals surface area contributed by atoms with Crippen molar-refractivity contribution in [3.63, 3.8) is 0 Å². The highest BCUT2D eigenvalue weighted by Crippen LogP contribution is 2.73. The first kappa shape index (κ1) is 6.89. The van der Waals surface area contributed by atoms with E-state index >= 15 is 0 Å². The SMILES string of the molecule is CSC12CCCC1C2(F)F. The molecule has 2 aliphatic rings. The summed E-state index contributed by atoms with van der Waals surface area (Å²) in [5, 5.41) is 0. The molecule has 0 spiro atoms. The molecule has 2 rings (SSSR count). The third kappa shape index (κ3) is 0.500. The van der Waals surface area contributed by atoms with Crippen LogP contribution in [0.2, 0.25) is 0 Å². The van der Waals surface area contributed by atoms with E-state index in [0.717, 1.165) is 19.3 Å². The van der Waals surface area contributed by atoms with E-state index in [1.165, 1.54) is 11.8 Å². The molecule has 2 fully saturated rings. The molecule has 0 N–H and O–H groups in total. The summed E-state index contributed by atoms with van der Waals surface area (Å²) in [6, 6.07) is 0. The van der Waals surface area contributed by atoms with Gasteiger partial charge in [0.05, 0.1) is 4.75 Å². The van der Waals surface area contributed by atoms with E-state index < -0.39 is 10.7 Å². The van der Waals surface area contributed by atoms with Crippen molar-refractivity contribution in [2.45, 2.75) is 29.9 Å². The van der Waals surface area contributed by atoms with Crippen LogP contribution in [0.15, 0.2) is 0 Å². The summed E-state index contributed by atoms with van der Waals surface area (Å²) < 4.78 is 25.1. The van der Waals surface area contributed by atoms with Gasteiger partial charge in [0.1, 0.15) is 0 Å². The molecule has 0 aromatic carbocycles. The van der Waals surface area contributed by atoms with Gasteiger partial charge in [-0.2, -0.15) is 11.8 Å². The van der Waals surface area contributed by atoms with Crippen LogP contribution in [0.1, 0.15) is 19.3 Å². The molecule has 0 bridgehead atoms. The lowest BCUT2D eigenvalue weighted by Gasteiger charge is -2.09. The van der Waals surface area contributed by atoms with Gasteiger partial charge in [-0.05, 0) is 19.1 Å². The van der Waals surface area contributed by atoms with Gasteiger partial charge in [0.15, 0.2) is 0 Å². The molecule has 0 aromatic rings. The summed E-state index contributed by atoms with van der Waals surface area (Å²) in [4.78, 5) is 0. The molecule has 3 heteroatoms. The minimum Gasteiger partial charge on any atom is -0.205 e. The van der Waals surface area contributed by atoms with Gasteiger partial charge in [0.25, 0.3) is 5.92 Å². The van der Waals surface area contributed by atoms with Crippen LogP contribution in [0.4, 0.5) is 8.78 Å². The average molecular weight is 164 g/mol. The number of fused-ring (bicyclic) bond motifs is 1. The second-order valence-electron chi connectivity index (χ2n) is 3.16. The van der Waals surface area contributed by atoms with E-state index in [-0.39, 0.29) is 5.92 Å². The number of halogens is 2. The maximum atomic E-state index is 12.9. The molecular formula is C7H10F2S. The zero-order valence-electron chi connectivity index (χ0n) is 5.86. The Morgan fingerprint density at radius 1 is 1.50 bits per heavy atom. The summed E-state index contributed by atoms with van der Waals surface area (Å²) >= 11 is 1.37. The molecule has 10 heavy (non-hydrogen) atoms. The predicted molar refractivity (Wildman–Crippen MR) is 38.5 cm³/mol. The van der Waals surface area contributed by atoms with Crippen LogP contribution in [0.5, 0.6) is 0 Å². The largest absolute Gasteiger partial charge is 0.267 e. The summed E-state index contributed by atoms with van der Waals surface area (Å²) in [5.74, 6) is -2.61. The zero-order chi connectivity index (χ0) is 7.41. The summed E-state index contributed by atoms with van der Waals surface area (Å²) in [6.07, 6.45) is 4.28. The molecule has 0 heterocycles. The summed E-state index contributed by atoms with van der Waals surface area (Å²) in [5.41, 5.74) is 0. The van der Waals surface area contributed by atoms with Gasteiger partial charge >= 0.3 is 0 Å². The molecule has 0 saturated heterocycles. The first-order chi connectivity index (χ1) is 4.65. The Kier molecular flexibility index (Phi) is 1.16. The predicted octanol–water partition coefficient (Wildman–Crippen LogP) is 2.54. The van der Waals surface area contributed by atoms with Crippen LogP contribution >= 0.6 is 11.8 Å². The van der Waals surface area contributed by atoms with Crippen molar-refractivity contribution in [1.82, 2.24) is 0 Å². The fourth-order valence-electron chi connectivity index (χ4n) is 2.21. The third-order valence-corrected chi connectivity index (χ3v) is 4.38. The maximum absolute atomic E-state index is 12.9. The summed E-state index contributed by atoms with van der Waals surface area (Å²) in [7, 11) is 0. The Hall–Kier alpha value is 0.210. The number of hydrogen-bond donors (Lipinski definition) is 0. The van der Waals surface area contributed by atoms with E-state index in [4.69, 9.17) is 0 Å². The Morgan fingerprint density at radius 2 is 2.20 bits per heavy atom. The fourth-order valence-corrected chi connectivity index (χ4v) is 3.47. The van der Waals surface area contributed by atoms with Crippen molar-refractivity contribution < 1.29 is 8.78 Å². The molecule has 0 aromatic heterocycles. The van der Waals surface area contributed by atoms with Gasteiger partial charge in [-0.25, -0.2) is 8.78 Å². The minimum absolute atomic E-state index is 0.282. The molecule has 0 radical (unpaired) electrons. The Labute approximate surface area is 63.4 Å². The van der Waals surface area contributed by atoms with Gasteiger partial charge < -0.3 is 0 Å². The average Bonchev–Trinajstić information content (AvgIpc) is 2.34. The summed E-state index contributed by atoms with van der Waals surface area (Å²) in [6.45, 7) is 0. The van der Waals surface area contributed by atoms with Crippen molar-refractivity contribution >= 4 is 11.8 Å². The van der Waals surface area contributed by atoms with Gasteiger partial charge in [-0.3, -0.25) is 0 Å². The normalized spacial score (nSPS) is 48.9. The molecule has 0 aliphatic heterocycles. The van der Waals surface area contributed by atoms with Crippen LogP contribution in [0.3, 0.4) is 0 Å². The van der Waals surface area contributed by atoms with Crippen LogP contribution in [0.25, 0.3) is 0 Å². The van der Waals surface area contributed by atoms with E-state index in [0.29, 0.717) is 0 Å². The number of thioether (sulfide) groups is 1. The van der Waals surface area contributed by atoms with E-state index in [9.17, 15) is 8.78 Å². The second-order valence-corrected chi connectivity index (χ2v) is 4.30. The van der Waals surface area contributed by atoms with E-state index in [1.807, 2.05) is 0 Å². The zero-order valence-corrected chi connectivity index (χ0v) is 6.68. The van der Waals surface area contributed by atoms with Gasteiger partial charge in [-0.1, -0.05) is 6.42 Å². The molecule has 58 valence electrons. The Balaban J connectivity index is 2.23. The minimum atomic E-state index is -2.33. The number of alkyl halides is 2. The maximum Gasteiger partial charge on any atom is 0.267 e. The van der Waals surface area contributed by atoms with Crippen molar-refractivity contribution in [1.29, 1.82) is 0 Å². The van der Waals surface area contributed by atoms with Crippen molar-refractivity contribution in [2.24, 2.45) is 5.92 Å². The molecule has 2 aliphatic carbocycles. The lowest BCUT2D eigenvalue weighted by atomic mass is 10.2. The van der Waals surface area contributed by atoms with Gasteiger partial charge in [0.2, 0.25) is 0 Å². The molecule has 2 saturated carbocycles. The molecule has 0 amide bonds. The van der Waals surface area contributed by atoms with E-state index in [1.54, 1.807) is 6.26 Å². The van der Waals surface area contributed by atoms with Gasteiger partial charge in [0, 0.05) is 5.92 Å². The van der Waals surface area contributed by atoms with Crippen LogP contribution in [0, 0.1) is 5.92 Å². The van der Waals surface area contributed by atoms with Crippen molar-refractivity contribution in [3.05, 3.63) is 0 Å². The smallest absolute Gasteiger partial charge is 0.205 e. The van der Waals surface area contributed by atoms with Crippen molar-refractivity contribution in [3.8, 4) is 0 Å². The number of rotatable bonds is 1. The van der Waals surface area contributed by atoms with Crippen LogP contribution in [-0.2, 0) is 0 Å².